The second kappa shape index (κ2) is 22.6. The zero-order valence-electron chi connectivity index (χ0n) is 42.5. The van der Waals surface area contributed by atoms with Gasteiger partial charge in [-0.3, -0.25) is 4.79 Å². The molecule has 358 valence electrons. The highest BCUT2D eigenvalue weighted by molar-refractivity contribution is 7.31. The lowest BCUT2D eigenvalue weighted by Gasteiger charge is -2.21. The van der Waals surface area contributed by atoms with Crippen LogP contribution in [0, 0.1) is 11.8 Å². The first kappa shape index (κ1) is 50.9. The van der Waals surface area contributed by atoms with Crippen LogP contribution in [0.15, 0.2) is 51.3 Å². The van der Waals surface area contributed by atoms with Crippen LogP contribution in [-0.2, 0) is 23.7 Å². The fourth-order valence-corrected chi connectivity index (χ4v) is 15.1. The molecule has 7 aromatic rings. The lowest BCUT2D eigenvalue weighted by atomic mass is 9.87. The molecule has 0 aliphatic carbocycles. The van der Waals surface area contributed by atoms with Gasteiger partial charge in [0.25, 0.3) is 0 Å². The molecule has 1 aromatic carbocycles. The minimum Gasteiger partial charge on any atom is -0.461 e. The molecule has 0 aliphatic heterocycles. The van der Waals surface area contributed by atoms with Crippen LogP contribution in [0.5, 0.6) is 0 Å². The molecule has 0 N–H and O–H groups in total. The summed E-state index contributed by atoms with van der Waals surface area (Å²) in [5.74, 6) is 5.65. The predicted octanol–water partition coefficient (Wildman–Crippen LogP) is 21.4. The molecule has 0 fully saturated rings. The van der Waals surface area contributed by atoms with Crippen LogP contribution >= 0.6 is 45.3 Å². The van der Waals surface area contributed by atoms with Crippen molar-refractivity contribution in [1.29, 1.82) is 0 Å². The normalized spacial score (nSPS) is 13.6. The van der Waals surface area contributed by atoms with Crippen LogP contribution in [0.2, 0.25) is 0 Å². The third-order valence-electron chi connectivity index (χ3n) is 14.5. The molecule has 0 saturated carbocycles. The van der Waals surface area contributed by atoms with E-state index in [1.807, 2.05) is 34.0 Å². The minimum absolute atomic E-state index is 0.0177. The summed E-state index contributed by atoms with van der Waals surface area (Å²) in [5, 5.41) is 3.76. The Morgan fingerprint density at radius 3 is 1.67 bits per heavy atom. The number of benzene rings is 1. The van der Waals surface area contributed by atoms with Crippen LogP contribution in [-0.4, -0.2) is 5.78 Å². The van der Waals surface area contributed by atoms with E-state index in [2.05, 4.69) is 119 Å². The van der Waals surface area contributed by atoms with Crippen LogP contribution in [0.1, 0.15) is 216 Å². The summed E-state index contributed by atoms with van der Waals surface area (Å²) in [5.41, 5.74) is 2.37. The molecule has 66 heavy (non-hydrogen) atoms. The lowest BCUT2D eigenvalue weighted by molar-refractivity contribution is 0.0983. The van der Waals surface area contributed by atoms with Crippen molar-refractivity contribution in [2.75, 3.05) is 0 Å². The van der Waals surface area contributed by atoms with Crippen LogP contribution in [0.3, 0.4) is 0 Å². The highest BCUT2D eigenvalue weighted by Gasteiger charge is 2.31. The van der Waals surface area contributed by atoms with Gasteiger partial charge in [0.1, 0.15) is 23.0 Å². The topological polar surface area (TPSA) is 43.4 Å². The Balaban J connectivity index is 1.41. The molecule has 6 aromatic heterocycles. The Labute approximate surface area is 414 Å². The van der Waals surface area contributed by atoms with Gasteiger partial charge in [-0.2, -0.15) is 0 Å². The van der Waals surface area contributed by atoms with Gasteiger partial charge in [-0.25, -0.2) is 0 Å². The Bertz CT molecular complexity index is 2550. The van der Waals surface area contributed by atoms with E-state index >= 15 is 0 Å². The monoisotopic (exact) mass is 964 g/mol. The summed E-state index contributed by atoms with van der Waals surface area (Å²) in [6, 6.07) is 16.2. The number of hydrogen-bond acceptors (Lipinski definition) is 7. The van der Waals surface area contributed by atoms with E-state index in [4.69, 9.17) is 8.83 Å². The molecule has 0 amide bonds. The van der Waals surface area contributed by atoms with Crippen molar-refractivity contribution in [3.63, 3.8) is 0 Å². The molecule has 7 heteroatoms. The highest BCUT2D eigenvalue weighted by Crippen LogP contribution is 2.56. The third kappa shape index (κ3) is 11.4. The second-order valence-electron chi connectivity index (χ2n) is 21.1. The number of thiophene rings is 4. The molecule has 2 atom stereocenters. The minimum atomic E-state index is -0.0191. The van der Waals surface area contributed by atoms with Gasteiger partial charge in [-0.05, 0) is 78.0 Å². The molecule has 0 bridgehead atoms. The Morgan fingerprint density at radius 1 is 0.576 bits per heavy atom. The fraction of sp³-hybridized carbons (Fsp3) is 0.576. The average molecular weight is 966 g/mol. The number of hydrogen-bond donors (Lipinski definition) is 0. The summed E-state index contributed by atoms with van der Waals surface area (Å²) in [7, 11) is 0. The molecular weight excluding hydrogens is 885 g/mol. The molecule has 7 rings (SSSR count). The van der Waals surface area contributed by atoms with E-state index in [-0.39, 0.29) is 10.8 Å². The maximum absolute atomic E-state index is 13.9. The number of ketones is 1. The quantitative estimate of drug-likeness (QED) is 0.0401. The lowest BCUT2D eigenvalue weighted by Crippen LogP contribution is -2.13. The summed E-state index contributed by atoms with van der Waals surface area (Å²) < 4.78 is 17.8. The van der Waals surface area contributed by atoms with Crippen molar-refractivity contribution in [3.05, 3.63) is 68.6 Å². The van der Waals surface area contributed by atoms with Gasteiger partial charge in [0.05, 0.1) is 14.5 Å². The summed E-state index contributed by atoms with van der Waals surface area (Å²) >= 11 is 7.52. The molecular formula is C59H80O3S4. The molecule has 0 saturated heterocycles. The number of carbonyl (C=O) groups is 1. The standard InChI is InChI=1S/C59H80O3S4/c1-12-18-21-22-23-24-25-28-45(60)48-36-44-55(63-48)56(66-57(44)59(10,11)17-6)49-35-42-51(46-31-29-40(61-46)33-38(15-4)26-19-13-2)54-43(37-50(65-54)58(7,8)9)52(53(42)64-49)47-32-30-41(62-47)34-39(16-5)27-20-14-3/h29-32,35-39H,12-28,33-34H2,1-11H3. The van der Waals surface area contributed by atoms with Crippen LogP contribution < -0.4 is 0 Å². The highest BCUT2D eigenvalue weighted by atomic mass is 32.1. The van der Waals surface area contributed by atoms with Gasteiger partial charge in [-0.1, -0.05) is 166 Å². The Morgan fingerprint density at radius 2 is 1.12 bits per heavy atom. The fourth-order valence-electron chi connectivity index (χ4n) is 9.70. The van der Waals surface area contributed by atoms with Gasteiger partial charge < -0.3 is 8.83 Å². The first-order chi connectivity index (χ1) is 31.7. The van der Waals surface area contributed by atoms with Crippen LogP contribution in [0.4, 0.5) is 0 Å². The molecule has 0 aliphatic rings. The second-order valence-corrected chi connectivity index (χ2v) is 25.3. The van der Waals surface area contributed by atoms with Crippen molar-refractivity contribution in [2.45, 2.75) is 209 Å². The van der Waals surface area contributed by atoms with Gasteiger partial charge in [0.15, 0.2) is 5.78 Å². The maximum Gasteiger partial charge on any atom is 0.172 e. The zero-order chi connectivity index (χ0) is 47.2. The van der Waals surface area contributed by atoms with Crippen molar-refractivity contribution in [2.24, 2.45) is 11.8 Å². The summed E-state index contributed by atoms with van der Waals surface area (Å²) in [6.07, 6.45) is 21.9. The smallest absolute Gasteiger partial charge is 0.172 e. The number of furan rings is 2. The Hall–Kier alpha value is -2.97. The van der Waals surface area contributed by atoms with E-state index in [9.17, 15) is 4.79 Å². The molecule has 2 unspecified atom stereocenters. The molecule has 0 radical (unpaired) electrons. The maximum atomic E-state index is 13.9. The SMILES string of the molecule is CCCCCCCCCC(=O)c1cc2c(C(C)(C)CC)sc(-c3cc4c(-c5ccc(CC(CC)CCCC)o5)c5sc(C(C)(C)C)cc5c(-c5ccc(CC(CC)CCCC)o5)c4s3)c2s1. The predicted molar refractivity (Wildman–Crippen MR) is 294 cm³/mol. The number of carbonyl (C=O) groups excluding carboxylic acids is 1. The van der Waals surface area contributed by atoms with Crippen molar-refractivity contribution in [3.8, 4) is 32.4 Å². The van der Waals surface area contributed by atoms with Crippen LogP contribution in [0.25, 0.3) is 62.7 Å². The van der Waals surface area contributed by atoms with E-state index in [0.717, 1.165) is 72.9 Å². The van der Waals surface area contributed by atoms with Gasteiger partial charge in [-0.15, -0.1) is 45.3 Å². The third-order valence-corrected chi connectivity index (χ3v) is 20.3. The molecule has 3 nitrogen and oxygen atoms in total. The van der Waals surface area contributed by atoms with E-state index in [0.29, 0.717) is 24.0 Å². The Kier molecular flexibility index (Phi) is 17.5. The zero-order valence-corrected chi connectivity index (χ0v) is 45.8. The number of rotatable bonds is 26. The summed E-state index contributed by atoms with van der Waals surface area (Å²) in [4.78, 5) is 20.2. The first-order valence-corrected chi connectivity index (χ1v) is 29.3. The number of unbranched alkanes of at least 4 members (excludes halogenated alkanes) is 8. The van der Waals surface area contributed by atoms with Gasteiger partial charge >= 0.3 is 0 Å². The average Bonchev–Trinajstić information content (AvgIpc) is 4.16. The summed E-state index contributed by atoms with van der Waals surface area (Å²) in [6.45, 7) is 25.6. The van der Waals surface area contributed by atoms with Crippen molar-refractivity contribution >= 4 is 81.4 Å². The van der Waals surface area contributed by atoms with E-state index < -0.39 is 0 Å². The molecule has 6 heterocycles. The van der Waals surface area contributed by atoms with Gasteiger partial charge in [0.2, 0.25) is 0 Å². The number of Topliss-reactive ketones (excluding diaryl/α,β-unsaturated/α-hetero) is 1. The van der Waals surface area contributed by atoms with E-state index in [1.165, 1.54) is 132 Å². The largest absolute Gasteiger partial charge is 0.461 e. The van der Waals surface area contributed by atoms with E-state index in [1.54, 1.807) is 11.3 Å². The van der Waals surface area contributed by atoms with Gasteiger partial charge in [0, 0.05) is 70.6 Å². The van der Waals surface area contributed by atoms with Crippen molar-refractivity contribution < 1.29 is 13.6 Å². The van der Waals surface area contributed by atoms with Crippen molar-refractivity contribution in [1.82, 2.24) is 0 Å². The number of fused-ring (bicyclic) bond motifs is 3. The first-order valence-electron chi connectivity index (χ1n) is 26.1. The molecule has 0 spiro atoms.